The average molecular weight is 173 g/mol. The van der Waals surface area contributed by atoms with Crippen molar-refractivity contribution in [3.05, 3.63) is 10.5 Å². The Hall–Kier alpha value is -0.480. The van der Waals surface area contributed by atoms with Crippen LogP contribution in [-0.2, 0) is 4.79 Å². The Morgan fingerprint density at radius 2 is 2.36 bits per heavy atom. The van der Waals surface area contributed by atoms with Gasteiger partial charge in [-0.2, -0.15) is 0 Å². The molecule has 62 valence electrons. The third-order valence-corrected chi connectivity index (χ3v) is 2.59. The molecule has 0 aromatic rings. The van der Waals surface area contributed by atoms with Crippen LogP contribution in [0.4, 0.5) is 0 Å². The van der Waals surface area contributed by atoms with Gasteiger partial charge < -0.3 is 0 Å². The number of thioether (sulfide) groups is 1. The maximum atomic E-state index is 11.1. The highest BCUT2D eigenvalue weighted by molar-refractivity contribution is 8.02. The first-order valence-electron chi connectivity index (χ1n) is 3.47. The summed E-state index contributed by atoms with van der Waals surface area (Å²) in [5, 5.41) is 9.80. The van der Waals surface area contributed by atoms with E-state index in [4.69, 9.17) is 5.21 Å². The van der Waals surface area contributed by atoms with Crippen LogP contribution in [0.2, 0.25) is 0 Å². The summed E-state index contributed by atoms with van der Waals surface area (Å²) >= 11 is 1.53. The van der Waals surface area contributed by atoms with Gasteiger partial charge in [-0.3, -0.25) is 10.0 Å². The standard InChI is InChI=1S/C7H11NO2S/c1-3-5-6(11-2)4-8(10)7(5)9/h10H,3-4H2,1-2H3. The van der Waals surface area contributed by atoms with E-state index in [9.17, 15) is 4.79 Å². The van der Waals surface area contributed by atoms with Gasteiger partial charge in [0.05, 0.1) is 6.54 Å². The lowest BCUT2D eigenvalue weighted by Gasteiger charge is -2.04. The van der Waals surface area contributed by atoms with E-state index < -0.39 is 0 Å². The zero-order valence-corrected chi connectivity index (χ0v) is 7.44. The van der Waals surface area contributed by atoms with Gasteiger partial charge in [-0.05, 0) is 12.7 Å². The minimum atomic E-state index is -0.239. The van der Waals surface area contributed by atoms with Crippen molar-refractivity contribution in [1.29, 1.82) is 0 Å². The lowest BCUT2D eigenvalue weighted by molar-refractivity contribution is -0.155. The number of amides is 1. The first-order valence-corrected chi connectivity index (χ1v) is 4.70. The molecule has 0 atom stereocenters. The second kappa shape index (κ2) is 3.28. The van der Waals surface area contributed by atoms with Crippen LogP contribution in [0.1, 0.15) is 13.3 Å². The molecular formula is C7H11NO2S. The second-order valence-corrected chi connectivity index (χ2v) is 3.22. The molecule has 3 nitrogen and oxygen atoms in total. The molecule has 4 heteroatoms. The summed E-state index contributed by atoms with van der Waals surface area (Å²) in [6.45, 7) is 2.28. The fourth-order valence-corrected chi connectivity index (χ4v) is 1.84. The van der Waals surface area contributed by atoms with Gasteiger partial charge in [-0.15, -0.1) is 11.8 Å². The molecule has 0 spiro atoms. The summed E-state index contributed by atoms with van der Waals surface area (Å²) in [6.07, 6.45) is 2.61. The molecule has 0 fully saturated rings. The molecule has 11 heavy (non-hydrogen) atoms. The third-order valence-electron chi connectivity index (χ3n) is 1.72. The van der Waals surface area contributed by atoms with Gasteiger partial charge >= 0.3 is 0 Å². The first-order chi connectivity index (χ1) is 5.20. The van der Waals surface area contributed by atoms with E-state index in [0.717, 1.165) is 15.5 Å². The van der Waals surface area contributed by atoms with E-state index in [0.29, 0.717) is 13.0 Å². The zero-order valence-electron chi connectivity index (χ0n) is 6.63. The van der Waals surface area contributed by atoms with Crippen LogP contribution in [0.3, 0.4) is 0 Å². The van der Waals surface area contributed by atoms with Gasteiger partial charge in [0, 0.05) is 10.5 Å². The highest BCUT2D eigenvalue weighted by Crippen LogP contribution is 2.27. The Kier molecular flexibility index (Phi) is 2.57. The van der Waals surface area contributed by atoms with Crippen LogP contribution in [0.15, 0.2) is 10.5 Å². The number of hydroxylamine groups is 2. The van der Waals surface area contributed by atoms with E-state index in [1.165, 1.54) is 11.8 Å². The van der Waals surface area contributed by atoms with E-state index in [-0.39, 0.29) is 5.91 Å². The van der Waals surface area contributed by atoms with Gasteiger partial charge in [0.25, 0.3) is 5.91 Å². The summed E-state index contributed by atoms with van der Waals surface area (Å²) in [5.41, 5.74) is 0.750. The normalized spacial score (nSPS) is 18.5. The Bertz CT molecular complexity index is 212. The van der Waals surface area contributed by atoms with Gasteiger partial charge in [0.15, 0.2) is 0 Å². The molecule has 0 aromatic heterocycles. The lowest BCUT2D eigenvalue weighted by Crippen LogP contribution is -2.22. The van der Waals surface area contributed by atoms with Crippen molar-refractivity contribution in [3.63, 3.8) is 0 Å². The Morgan fingerprint density at radius 3 is 2.73 bits per heavy atom. The van der Waals surface area contributed by atoms with Gasteiger partial charge in [-0.25, -0.2) is 5.06 Å². The van der Waals surface area contributed by atoms with Gasteiger partial charge in [-0.1, -0.05) is 6.92 Å². The van der Waals surface area contributed by atoms with Crippen molar-refractivity contribution >= 4 is 17.7 Å². The molecule has 0 unspecified atom stereocenters. The number of hydrogen-bond acceptors (Lipinski definition) is 3. The molecule has 0 aliphatic carbocycles. The third kappa shape index (κ3) is 1.41. The molecule has 0 bridgehead atoms. The lowest BCUT2D eigenvalue weighted by atomic mass is 10.2. The molecule has 0 aromatic carbocycles. The number of rotatable bonds is 2. The largest absolute Gasteiger partial charge is 0.285 e. The Morgan fingerprint density at radius 1 is 1.73 bits per heavy atom. The molecule has 1 amide bonds. The van der Waals surface area contributed by atoms with Gasteiger partial charge in [0.2, 0.25) is 0 Å². The molecule has 0 saturated carbocycles. The van der Waals surface area contributed by atoms with E-state index in [2.05, 4.69) is 0 Å². The first kappa shape index (κ1) is 8.62. The molecule has 1 rings (SSSR count). The topological polar surface area (TPSA) is 40.5 Å². The maximum Gasteiger partial charge on any atom is 0.274 e. The highest BCUT2D eigenvalue weighted by Gasteiger charge is 2.27. The summed E-state index contributed by atoms with van der Waals surface area (Å²) in [5.74, 6) is -0.239. The molecule has 1 N–H and O–H groups in total. The van der Waals surface area contributed by atoms with Crippen molar-refractivity contribution in [3.8, 4) is 0 Å². The number of carbonyl (C=O) groups is 1. The molecule has 1 aliphatic rings. The highest BCUT2D eigenvalue weighted by atomic mass is 32.2. The maximum absolute atomic E-state index is 11.1. The van der Waals surface area contributed by atoms with Crippen molar-refractivity contribution in [1.82, 2.24) is 5.06 Å². The quantitative estimate of drug-likeness (QED) is 0.639. The molecular weight excluding hydrogens is 162 g/mol. The molecule has 1 heterocycles. The summed E-state index contributed by atoms with van der Waals surface area (Å²) in [7, 11) is 0. The van der Waals surface area contributed by atoms with E-state index in [1.807, 2.05) is 13.2 Å². The Balaban J connectivity index is 2.86. The van der Waals surface area contributed by atoms with Crippen LogP contribution >= 0.6 is 11.8 Å². The minimum Gasteiger partial charge on any atom is -0.285 e. The monoisotopic (exact) mass is 173 g/mol. The number of hydrogen-bond donors (Lipinski definition) is 1. The number of carbonyl (C=O) groups excluding carboxylic acids is 1. The summed E-state index contributed by atoms with van der Waals surface area (Å²) < 4.78 is 0. The van der Waals surface area contributed by atoms with Crippen LogP contribution in [0, 0.1) is 0 Å². The summed E-state index contributed by atoms with van der Waals surface area (Å²) in [6, 6.07) is 0. The molecule has 0 radical (unpaired) electrons. The zero-order chi connectivity index (χ0) is 8.43. The second-order valence-electron chi connectivity index (χ2n) is 2.32. The number of nitrogens with zero attached hydrogens (tertiary/aromatic N) is 1. The average Bonchev–Trinajstić information content (AvgIpc) is 2.28. The van der Waals surface area contributed by atoms with Crippen molar-refractivity contribution < 1.29 is 10.0 Å². The minimum absolute atomic E-state index is 0.239. The predicted octanol–water partition coefficient (Wildman–Crippen LogP) is 1.24. The Labute approximate surface area is 70.0 Å². The molecule has 1 aliphatic heterocycles. The molecule has 0 saturated heterocycles. The predicted molar refractivity (Wildman–Crippen MR) is 44.3 cm³/mol. The van der Waals surface area contributed by atoms with Crippen LogP contribution in [-0.4, -0.2) is 29.0 Å². The fraction of sp³-hybridized carbons (Fsp3) is 0.571. The van der Waals surface area contributed by atoms with E-state index in [1.54, 1.807) is 0 Å². The fourth-order valence-electron chi connectivity index (χ4n) is 1.11. The van der Waals surface area contributed by atoms with Crippen molar-refractivity contribution in [2.75, 3.05) is 12.8 Å². The SMILES string of the molecule is CCC1=C(SC)CN(O)C1=O. The van der Waals surface area contributed by atoms with Crippen molar-refractivity contribution in [2.24, 2.45) is 0 Å². The smallest absolute Gasteiger partial charge is 0.274 e. The van der Waals surface area contributed by atoms with Crippen molar-refractivity contribution in [2.45, 2.75) is 13.3 Å². The van der Waals surface area contributed by atoms with Crippen LogP contribution in [0.5, 0.6) is 0 Å². The summed E-state index contributed by atoms with van der Waals surface area (Å²) in [4.78, 5) is 12.1. The van der Waals surface area contributed by atoms with Crippen LogP contribution < -0.4 is 0 Å². The van der Waals surface area contributed by atoms with Gasteiger partial charge in [0.1, 0.15) is 0 Å². The van der Waals surface area contributed by atoms with Crippen LogP contribution in [0.25, 0.3) is 0 Å². The van der Waals surface area contributed by atoms with E-state index >= 15 is 0 Å².